The number of halogens is 1. The van der Waals surface area contributed by atoms with Gasteiger partial charge >= 0.3 is 0 Å². The maximum atomic E-state index is 8.78. The summed E-state index contributed by atoms with van der Waals surface area (Å²) >= 11 is 3.62. The van der Waals surface area contributed by atoms with Crippen molar-refractivity contribution in [1.29, 1.82) is 5.26 Å². The van der Waals surface area contributed by atoms with Crippen LogP contribution in [0.5, 0.6) is 0 Å². The Labute approximate surface area is 127 Å². The van der Waals surface area contributed by atoms with Gasteiger partial charge in [-0.2, -0.15) is 5.26 Å². The minimum atomic E-state index is 0.528. The fraction of sp³-hybridized carbons (Fsp3) is 0.235. The molecule has 0 aliphatic heterocycles. The van der Waals surface area contributed by atoms with Crippen LogP contribution in [-0.4, -0.2) is 6.04 Å². The first-order valence-corrected chi connectivity index (χ1v) is 7.56. The van der Waals surface area contributed by atoms with E-state index in [4.69, 9.17) is 5.26 Å². The molecule has 0 bridgehead atoms. The predicted octanol–water partition coefficient (Wildman–Crippen LogP) is 4.68. The van der Waals surface area contributed by atoms with Crippen LogP contribution >= 0.6 is 15.9 Å². The average molecular weight is 327 g/mol. The van der Waals surface area contributed by atoms with Gasteiger partial charge in [-0.15, -0.1) is 0 Å². The zero-order chi connectivity index (χ0) is 13.9. The molecule has 100 valence electrons. The van der Waals surface area contributed by atoms with Crippen molar-refractivity contribution in [1.82, 2.24) is 0 Å². The number of nitrogens with one attached hydrogen (secondary N) is 1. The topological polar surface area (TPSA) is 35.8 Å². The van der Waals surface area contributed by atoms with E-state index >= 15 is 0 Å². The Kier molecular flexibility index (Phi) is 3.75. The van der Waals surface area contributed by atoms with Crippen molar-refractivity contribution < 1.29 is 0 Å². The summed E-state index contributed by atoms with van der Waals surface area (Å²) in [5.41, 5.74) is 3.21. The molecule has 3 rings (SSSR count). The van der Waals surface area contributed by atoms with Gasteiger partial charge in [0, 0.05) is 16.2 Å². The van der Waals surface area contributed by atoms with E-state index in [1.165, 1.54) is 10.0 Å². The number of anilines is 1. The van der Waals surface area contributed by atoms with Crippen molar-refractivity contribution in [3.8, 4) is 6.07 Å². The summed E-state index contributed by atoms with van der Waals surface area (Å²) in [7, 11) is 0. The van der Waals surface area contributed by atoms with Gasteiger partial charge in [0.2, 0.25) is 0 Å². The summed E-state index contributed by atoms with van der Waals surface area (Å²) in [5, 5.41) is 12.3. The van der Waals surface area contributed by atoms with Crippen molar-refractivity contribution in [3.63, 3.8) is 0 Å². The van der Waals surface area contributed by atoms with Crippen LogP contribution in [-0.2, 0) is 0 Å². The Hall–Kier alpha value is -1.79. The lowest BCUT2D eigenvalue weighted by Crippen LogP contribution is -2.34. The molecule has 0 amide bonds. The highest BCUT2D eigenvalue weighted by molar-refractivity contribution is 9.10. The molecule has 1 aliphatic carbocycles. The summed E-state index contributed by atoms with van der Waals surface area (Å²) in [5.74, 6) is 0.640. The predicted molar refractivity (Wildman–Crippen MR) is 84.7 cm³/mol. The van der Waals surface area contributed by atoms with Crippen LogP contribution in [0.3, 0.4) is 0 Å². The molecule has 2 aromatic carbocycles. The molecule has 0 heterocycles. The molecule has 2 aromatic rings. The second-order valence-corrected chi connectivity index (χ2v) is 6.07. The quantitative estimate of drug-likeness (QED) is 0.888. The Morgan fingerprint density at radius 2 is 1.75 bits per heavy atom. The molecule has 1 aliphatic rings. The average Bonchev–Trinajstić information content (AvgIpc) is 2.44. The van der Waals surface area contributed by atoms with Gasteiger partial charge in [-0.25, -0.2) is 0 Å². The SMILES string of the molecule is N#Cc1ccc(NC2CC(c3ccccc3Br)C2)cc1. The third-order valence-corrected chi connectivity index (χ3v) is 4.59. The third-order valence-electron chi connectivity index (χ3n) is 3.87. The molecule has 0 saturated heterocycles. The normalized spacial score (nSPS) is 20.8. The van der Waals surface area contributed by atoms with E-state index in [-0.39, 0.29) is 0 Å². The Balaban J connectivity index is 1.58. The van der Waals surface area contributed by atoms with E-state index < -0.39 is 0 Å². The highest BCUT2D eigenvalue weighted by Crippen LogP contribution is 2.41. The van der Waals surface area contributed by atoms with Crippen LogP contribution < -0.4 is 5.32 Å². The van der Waals surface area contributed by atoms with Crippen molar-refractivity contribution in [2.24, 2.45) is 0 Å². The van der Waals surface area contributed by atoms with E-state index in [2.05, 4.69) is 51.6 Å². The van der Waals surface area contributed by atoms with Crippen molar-refractivity contribution in [3.05, 3.63) is 64.1 Å². The third kappa shape index (κ3) is 2.71. The molecular formula is C17H15BrN2. The number of nitriles is 1. The minimum Gasteiger partial charge on any atom is -0.382 e. The highest BCUT2D eigenvalue weighted by atomic mass is 79.9. The lowest BCUT2D eigenvalue weighted by atomic mass is 9.76. The summed E-state index contributed by atoms with van der Waals surface area (Å²) in [6.45, 7) is 0. The fourth-order valence-corrected chi connectivity index (χ4v) is 3.28. The second kappa shape index (κ2) is 5.68. The van der Waals surface area contributed by atoms with Gasteiger partial charge in [0.05, 0.1) is 11.6 Å². The van der Waals surface area contributed by atoms with Crippen LogP contribution in [0.2, 0.25) is 0 Å². The Morgan fingerprint density at radius 1 is 1.05 bits per heavy atom. The summed E-state index contributed by atoms with van der Waals surface area (Å²) < 4.78 is 1.21. The van der Waals surface area contributed by atoms with Crippen molar-refractivity contribution >= 4 is 21.6 Å². The number of hydrogen-bond acceptors (Lipinski definition) is 2. The molecule has 20 heavy (non-hydrogen) atoms. The molecule has 1 fully saturated rings. The van der Waals surface area contributed by atoms with E-state index in [1.807, 2.05) is 24.3 Å². The van der Waals surface area contributed by atoms with E-state index in [1.54, 1.807) is 0 Å². The van der Waals surface area contributed by atoms with Crippen LogP contribution in [0.4, 0.5) is 5.69 Å². The smallest absolute Gasteiger partial charge is 0.0991 e. The number of nitrogens with zero attached hydrogens (tertiary/aromatic N) is 1. The fourth-order valence-electron chi connectivity index (χ4n) is 2.67. The largest absolute Gasteiger partial charge is 0.382 e. The maximum Gasteiger partial charge on any atom is 0.0991 e. The van der Waals surface area contributed by atoms with Gasteiger partial charge in [-0.3, -0.25) is 0 Å². The first-order valence-electron chi connectivity index (χ1n) is 6.77. The van der Waals surface area contributed by atoms with Crippen molar-refractivity contribution in [2.45, 2.75) is 24.8 Å². The molecule has 1 N–H and O–H groups in total. The molecule has 0 spiro atoms. The summed E-state index contributed by atoms with van der Waals surface area (Å²) in [4.78, 5) is 0. The molecular weight excluding hydrogens is 312 g/mol. The summed E-state index contributed by atoms with van der Waals surface area (Å²) in [6, 6.07) is 18.8. The minimum absolute atomic E-state index is 0.528. The van der Waals surface area contributed by atoms with Crippen LogP contribution in [0.25, 0.3) is 0 Å². The monoisotopic (exact) mass is 326 g/mol. The zero-order valence-electron chi connectivity index (χ0n) is 11.0. The van der Waals surface area contributed by atoms with E-state index in [9.17, 15) is 0 Å². The standard InChI is InChI=1S/C17H15BrN2/c18-17-4-2-1-3-16(17)13-9-15(10-13)20-14-7-5-12(11-19)6-8-14/h1-8,13,15,20H,9-10H2. The molecule has 2 nitrogen and oxygen atoms in total. The van der Waals surface area contributed by atoms with Gasteiger partial charge in [0.1, 0.15) is 0 Å². The molecule has 3 heteroatoms. The van der Waals surface area contributed by atoms with Gasteiger partial charge in [0.15, 0.2) is 0 Å². The van der Waals surface area contributed by atoms with Gasteiger partial charge < -0.3 is 5.32 Å². The Bertz CT molecular complexity index is 637. The Morgan fingerprint density at radius 3 is 2.40 bits per heavy atom. The van der Waals surface area contributed by atoms with Crippen LogP contribution in [0, 0.1) is 11.3 Å². The zero-order valence-corrected chi connectivity index (χ0v) is 12.6. The first kappa shape index (κ1) is 13.2. The van der Waals surface area contributed by atoms with Gasteiger partial charge in [-0.1, -0.05) is 34.1 Å². The number of rotatable bonds is 3. The molecule has 0 unspecified atom stereocenters. The van der Waals surface area contributed by atoms with Crippen LogP contribution in [0.15, 0.2) is 53.0 Å². The molecule has 0 aromatic heterocycles. The molecule has 0 atom stereocenters. The van der Waals surface area contributed by atoms with Crippen LogP contribution in [0.1, 0.15) is 29.9 Å². The van der Waals surface area contributed by atoms with Crippen molar-refractivity contribution in [2.75, 3.05) is 5.32 Å². The van der Waals surface area contributed by atoms with E-state index in [0.29, 0.717) is 17.5 Å². The summed E-state index contributed by atoms with van der Waals surface area (Å²) in [6.07, 6.45) is 2.31. The van der Waals surface area contributed by atoms with Gasteiger partial charge in [0.25, 0.3) is 0 Å². The van der Waals surface area contributed by atoms with E-state index in [0.717, 1.165) is 18.5 Å². The van der Waals surface area contributed by atoms with Gasteiger partial charge in [-0.05, 0) is 54.7 Å². The number of hydrogen-bond donors (Lipinski definition) is 1. The number of benzene rings is 2. The molecule has 1 saturated carbocycles. The molecule has 0 radical (unpaired) electrons. The lowest BCUT2D eigenvalue weighted by Gasteiger charge is -2.37. The highest BCUT2D eigenvalue weighted by Gasteiger charge is 2.31. The first-order chi connectivity index (χ1) is 9.76. The second-order valence-electron chi connectivity index (χ2n) is 5.22. The maximum absolute atomic E-state index is 8.78. The lowest BCUT2D eigenvalue weighted by molar-refractivity contribution is 0.373.